The minimum absolute atomic E-state index is 0.113. The lowest BCUT2D eigenvalue weighted by Crippen LogP contribution is -2.15. The van der Waals surface area contributed by atoms with Gasteiger partial charge in [0.2, 0.25) is 0 Å². The number of nitrogens with one attached hydrogen (secondary N) is 1. The average Bonchev–Trinajstić information content (AvgIpc) is 3.25. The first-order chi connectivity index (χ1) is 10.1. The van der Waals surface area contributed by atoms with E-state index in [2.05, 4.69) is 5.32 Å². The van der Waals surface area contributed by atoms with Gasteiger partial charge in [-0.25, -0.2) is 8.78 Å². The molecular formula is C17H17F2NO. The largest absolute Gasteiger partial charge is 0.454 e. The van der Waals surface area contributed by atoms with E-state index >= 15 is 0 Å². The monoisotopic (exact) mass is 289 g/mol. The van der Waals surface area contributed by atoms with Gasteiger partial charge in [-0.05, 0) is 49.1 Å². The molecule has 2 aromatic rings. The summed E-state index contributed by atoms with van der Waals surface area (Å²) in [5.41, 5.74) is 1.30. The number of benzene rings is 2. The second kappa shape index (κ2) is 5.82. The molecule has 0 radical (unpaired) electrons. The Kier molecular flexibility index (Phi) is 3.88. The SMILES string of the molecule is Cc1cccc(Oc2cc(F)cc(CNC3CC3)c2)c1F. The fraction of sp³-hybridized carbons (Fsp3) is 0.294. The Hall–Kier alpha value is -1.94. The van der Waals surface area contributed by atoms with Gasteiger partial charge in [0, 0.05) is 18.7 Å². The molecule has 4 heteroatoms. The summed E-state index contributed by atoms with van der Waals surface area (Å²) in [4.78, 5) is 0. The Morgan fingerprint density at radius 2 is 2.00 bits per heavy atom. The van der Waals surface area contributed by atoms with Crippen molar-refractivity contribution in [3.63, 3.8) is 0 Å². The van der Waals surface area contributed by atoms with E-state index in [4.69, 9.17) is 4.74 Å². The third-order valence-corrected chi connectivity index (χ3v) is 3.49. The van der Waals surface area contributed by atoms with Gasteiger partial charge in [-0.15, -0.1) is 0 Å². The maximum atomic E-state index is 13.9. The maximum Gasteiger partial charge on any atom is 0.168 e. The maximum absolute atomic E-state index is 13.9. The minimum atomic E-state index is -0.417. The average molecular weight is 289 g/mol. The molecule has 2 aromatic carbocycles. The zero-order valence-corrected chi connectivity index (χ0v) is 11.8. The standard InChI is InChI=1S/C17H17F2NO/c1-11-3-2-4-16(17(11)19)21-15-8-12(7-13(18)9-15)10-20-14-5-6-14/h2-4,7-9,14,20H,5-6,10H2,1H3. The third kappa shape index (κ3) is 3.58. The van der Waals surface area contributed by atoms with Crippen molar-refractivity contribution in [2.24, 2.45) is 0 Å². The number of aryl methyl sites for hydroxylation is 1. The summed E-state index contributed by atoms with van der Waals surface area (Å²) in [5, 5.41) is 3.32. The molecule has 0 spiro atoms. The van der Waals surface area contributed by atoms with Crippen LogP contribution in [0.25, 0.3) is 0 Å². The zero-order valence-electron chi connectivity index (χ0n) is 11.8. The molecule has 0 bridgehead atoms. The molecule has 1 fully saturated rings. The molecule has 0 aliphatic heterocycles. The van der Waals surface area contributed by atoms with Gasteiger partial charge in [-0.1, -0.05) is 12.1 Å². The van der Waals surface area contributed by atoms with E-state index in [-0.39, 0.29) is 11.6 Å². The molecule has 0 saturated heterocycles. The summed E-state index contributed by atoms with van der Waals surface area (Å²) >= 11 is 0. The molecule has 1 aliphatic rings. The normalized spacial score (nSPS) is 14.2. The second-order valence-corrected chi connectivity index (χ2v) is 5.44. The van der Waals surface area contributed by atoms with Gasteiger partial charge in [0.05, 0.1) is 0 Å². The first-order valence-electron chi connectivity index (χ1n) is 7.07. The van der Waals surface area contributed by atoms with Crippen molar-refractivity contribution < 1.29 is 13.5 Å². The van der Waals surface area contributed by atoms with Gasteiger partial charge in [0.15, 0.2) is 11.6 Å². The molecule has 0 heterocycles. The Bertz CT molecular complexity index is 653. The van der Waals surface area contributed by atoms with E-state index in [1.807, 2.05) is 0 Å². The van der Waals surface area contributed by atoms with Crippen LogP contribution in [0.2, 0.25) is 0 Å². The van der Waals surface area contributed by atoms with E-state index < -0.39 is 5.82 Å². The Balaban J connectivity index is 1.78. The number of ether oxygens (including phenoxy) is 1. The van der Waals surface area contributed by atoms with Crippen molar-refractivity contribution in [3.8, 4) is 11.5 Å². The summed E-state index contributed by atoms with van der Waals surface area (Å²) < 4.78 is 33.1. The van der Waals surface area contributed by atoms with Crippen LogP contribution < -0.4 is 10.1 Å². The van der Waals surface area contributed by atoms with Gasteiger partial charge in [0.1, 0.15) is 11.6 Å². The lowest BCUT2D eigenvalue weighted by molar-refractivity contribution is 0.435. The smallest absolute Gasteiger partial charge is 0.168 e. The Morgan fingerprint density at radius 1 is 1.19 bits per heavy atom. The Morgan fingerprint density at radius 3 is 2.76 bits per heavy atom. The van der Waals surface area contributed by atoms with Crippen LogP contribution in [-0.4, -0.2) is 6.04 Å². The number of halogens is 2. The zero-order chi connectivity index (χ0) is 14.8. The summed E-state index contributed by atoms with van der Waals surface area (Å²) in [7, 11) is 0. The first-order valence-corrected chi connectivity index (χ1v) is 7.07. The summed E-state index contributed by atoms with van der Waals surface area (Å²) in [6, 6.07) is 9.93. The fourth-order valence-electron chi connectivity index (χ4n) is 2.16. The van der Waals surface area contributed by atoms with Crippen LogP contribution in [0, 0.1) is 18.6 Å². The predicted molar refractivity (Wildman–Crippen MR) is 77.5 cm³/mol. The highest BCUT2D eigenvalue weighted by Gasteiger charge is 2.20. The molecule has 110 valence electrons. The Labute approximate surface area is 122 Å². The number of hydrogen-bond acceptors (Lipinski definition) is 2. The lowest BCUT2D eigenvalue weighted by Gasteiger charge is -2.10. The second-order valence-electron chi connectivity index (χ2n) is 5.44. The van der Waals surface area contributed by atoms with Gasteiger partial charge in [0.25, 0.3) is 0 Å². The van der Waals surface area contributed by atoms with E-state index in [9.17, 15) is 8.78 Å². The van der Waals surface area contributed by atoms with E-state index in [1.165, 1.54) is 31.0 Å². The molecule has 0 unspecified atom stereocenters. The van der Waals surface area contributed by atoms with Crippen molar-refractivity contribution in [2.45, 2.75) is 32.4 Å². The first kappa shape index (κ1) is 14.0. The minimum Gasteiger partial charge on any atom is -0.454 e. The van der Waals surface area contributed by atoms with Crippen LogP contribution in [-0.2, 0) is 6.54 Å². The van der Waals surface area contributed by atoms with Crippen molar-refractivity contribution >= 4 is 0 Å². The highest BCUT2D eigenvalue weighted by Crippen LogP contribution is 2.28. The molecule has 0 amide bonds. The van der Waals surface area contributed by atoms with Gasteiger partial charge >= 0.3 is 0 Å². The van der Waals surface area contributed by atoms with E-state index in [0.717, 1.165) is 5.56 Å². The van der Waals surface area contributed by atoms with Gasteiger partial charge < -0.3 is 10.1 Å². The van der Waals surface area contributed by atoms with Gasteiger partial charge in [-0.2, -0.15) is 0 Å². The van der Waals surface area contributed by atoms with Crippen molar-refractivity contribution in [1.29, 1.82) is 0 Å². The molecule has 1 saturated carbocycles. The molecule has 1 aliphatic carbocycles. The fourth-order valence-corrected chi connectivity index (χ4v) is 2.16. The van der Waals surface area contributed by atoms with Crippen LogP contribution in [0.4, 0.5) is 8.78 Å². The van der Waals surface area contributed by atoms with Crippen LogP contribution in [0.1, 0.15) is 24.0 Å². The highest BCUT2D eigenvalue weighted by atomic mass is 19.1. The summed E-state index contributed by atoms with van der Waals surface area (Å²) in [6.45, 7) is 2.26. The lowest BCUT2D eigenvalue weighted by atomic mass is 10.2. The van der Waals surface area contributed by atoms with E-state index in [0.29, 0.717) is 23.9 Å². The van der Waals surface area contributed by atoms with Crippen LogP contribution in [0.15, 0.2) is 36.4 Å². The molecule has 21 heavy (non-hydrogen) atoms. The predicted octanol–water partition coefficient (Wildman–Crippen LogP) is 4.32. The third-order valence-electron chi connectivity index (χ3n) is 3.49. The van der Waals surface area contributed by atoms with Gasteiger partial charge in [-0.3, -0.25) is 0 Å². The molecule has 2 nitrogen and oxygen atoms in total. The van der Waals surface area contributed by atoms with Crippen LogP contribution in [0.3, 0.4) is 0 Å². The quantitative estimate of drug-likeness (QED) is 0.885. The number of hydrogen-bond donors (Lipinski definition) is 1. The van der Waals surface area contributed by atoms with Crippen LogP contribution >= 0.6 is 0 Å². The van der Waals surface area contributed by atoms with E-state index in [1.54, 1.807) is 25.1 Å². The molecular weight excluding hydrogens is 272 g/mol. The van der Waals surface area contributed by atoms with Crippen LogP contribution in [0.5, 0.6) is 11.5 Å². The van der Waals surface area contributed by atoms with Crippen molar-refractivity contribution in [2.75, 3.05) is 0 Å². The number of rotatable bonds is 5. The highest BCUT2D eigenvalue weighted by molar-refractivity contribution is 5.37. The summed E-state index contributed by atoms with van der Waals surface area (Å²) in [6.07, 6.45) is 2.35. The molecule has 3 rings (SSSR count). The topological polar surface area (TPSA) is 21.3 Å². The molecule has 1 N–H and O–H groups in total. The molecule has 0 aromatic heterocycles. The van der Waals surface area contributed by atoms with Crippen molar-refractivity contribution in [1.82, 2.24) is 5.32 Å². The van der Waals surface area contributed by atoms with Crippen molar-refractivity contribution in [3.05, 3.63) is 59.2 Å². The summed E-state index contributed by atoms with van der Waals surface area (Å²) in [5.74, 6) is -0.374. The molecule has 0 atom stereocenters.